The predicted molar refractivity (Wildman–Crippen MR) is 60.1 cm³/mol. The molecule has 0 aromatic carbocycles. The van der Waals surface area contributed by atoms with Gasteiger partial charge in [0, 0.05) is 11.6 Å². The van der Waals surface area contributed by atoms with Crippen LogP contribution >= 0.6 is 0 Å². The van der Waals surface area contributed by atoms with Crippen LogP contribution in [0.15, 0.2) is 18.3 Å². The minimum absolute atomic E-state index is 0.0619. The van der Waals surface area contributed by atoms with E-state index in [1.165, 1.54) is 19.4 Å². The molecule has 0 aliphatic carbocycles. The number of nitrogens with two attached hydrogens (primary N) is 1. The fourth-order valence-electron chi connectivity index (χ4n) is 1.15. The molecule has 1 rings (SSSR count). The molecular formula is C10H13N3O3. The number of nitrogens with zero attached hydrogens (tertiary/aromatic N) is 2. The van der Waals surface area contributed by atoms with Crippen molar-refractivity contribution in [2.75, 3.05) is 13.7 Å². The molecule has 6 heteroatoms. The molecule has 0 unspecified atom stereocenters. The highest BCUT2D eigenvalue weighted by Crippen LogP contribution is 2.21. The summed E-state index contributed by atoms with van der Waals surface area (Å²) in [4.78, 5) is 13.9. The molecule has 0 atom stereocenters. The second-order valence-corrected chi connectivity index (χ2v) is 3.03. The van der Waals surface area contributed by atoms with Crippen LogP contribution in [-0.2, 0) is 0 Å². The molecule has 86 valence electrons. The summed E-state index contributed by atoms with van der Waals surface area (Å²) < 4.78 is 4.99. The molecule has 1 aromatic heterocycles. The van der Waals surface area contributed by atoms with Gasteiger partial charge in [0.15, 0.2) is 0 Å². The molecule has 0 amide bonds. The van der Waals surface area contributed by atoms with Gasteiger partial charge in [-0.1, -0.05) is 12.2 Å². The lowest BCUT2D eigenvalue weighted by Crippen LogP contribution is -1.96. The number of ether oxygens (including phenoxy) is 1. The van der Waals surface area contributed by atoms with Crippen molar-refractivity contribution in [2.24, 2.45) is 5.73 Å². The van der Waals surface area contributed by atoms with Gasteiger partial charge in [-0.3, -0.25) is 10.1 Å². The number of rotatable bonds is 5. The maximum absolute atomic E-state index is 10.6. The summed E-state index contributed by atoms with van der Waals surface area (Å²) >= 11 is 0. The number of nitro groups is 1. The van der Waals surface area contributed by atoms with Crippen LogP contribution in [0.3, 0.4) is 0 Å². The number of hydrogen-bond donors (Lipinski definition) is 1. The first-order valence-corrected chi connectivity index (χ1v) is 4.74. The molecule has 1 aromatic rings. The lowest BCUT2D eigenvalue weighted by atomic mass is 10.2. The van der Waals surface area contributed by atoms with Gasteiger partial charge in [0.1, 0.15) is 6.20 Å². The van der Waals surface area contributed by atoms with E-state index >= 15 is 0 Å². The third-order valence-electron chi connectivity index (χ3n) is 1.90. The molecule has 0 aliphatic rings. The van der Waals surface area contributed by atoms with Crippen LogP contribution in [0.2, 0.25) is 0 Å². The summed E-state index contributed by atoms with van der Waals surface area (Å²) in [7, 11) is 1.47. The minimum atomic E-state index is -0.493. The Bertz CT molecular complexity index is 404. The van der Waals surface area contributed by atoms with E-state index in [4.69, 9.17) is 10.5 Å². The van der Waals surface area contributed by atoms with Crippen molar-refractivity contribution in [2.45, 2.75) is 6.42 Å². The highest BCUT2D eigenvalue weighted by Gasteiger charge is 2.10. The molecule has 2 N–H and O–H groups in total. The van der Waals surface area contributed by atoms with E-state index in [-0.39, 0.29) is 5.69 Å². The van der Waals surface area contributed by atoms with Crippen LogP contribution in [0.1, 0.15) is 12.0 Å². The van der Waals surface area contributed by atoms with Crippen molar-refractivity contribution in [3.05, 3.63) is 34.0 Å². The summed E-state index contributed by atoms with van der Waals surface area (Å²) in [5, 5.41) is 10.6. The quantitative estimate of drug-likeness (QED) is 0.601. The Kier molecular flexibility index (Phi) is 4.41. The molecule has 6 nitrogen and oxygen atoms in total. The van der Waals surface area contributed by atoms with Gasteiger partial charge >= 0.3 is 0 Å². The molecule has 16 heavy (non-hydrogen) atoms. The second-order valence-electron chi connectivity index (χ2n) is 3.03. The Hall–Kier alpha value is -1.95. The zero-order valence-electron chi connectivity index (χ0n) is 8.92. The minimum Gasteiger partial charge on any atom is -0.481 e. The first-order valence-electron chi connectivity index (χ1n) is 4.74. The zero-order valence-corrected chi connectivity index (χ0v) is 8.92. The fourth-order valence-corrected chi connectivity index (χ4v) is 1.15. The van der Waals surface area contributed by atoms with Crippen LogP contribution in [0.4, 0.5) is 5.69 Å². The second kappa shape index (κ2) is 5.82. The molecule has 0 fully saturated rings. The van der Waals surface area contributed by atoms with Gasteiger partial charge in [-0.25, -0.2) is 4.98 Å². The predicted octanol–water partition coefficient (Wildman–Crippen LogP) is 1.36. The highest BCUT2D eigenvalue weighted by atomic mass is 16.6. The monoisotopic (exact) mass is 223 g/mol. The maximum Gasteiger partial charge on any atom is 0.288 e. The Morgan fingerprint density at radius 3 is 3.00 bits per heavy atom. The van der Waals surface area contributed by atoms with Gasteiger partial charge in [0.05, 0.1) is 12.0 Å². The molecule has 0 radical (unpaired) electrons. The van der Waals surface area contributed by atoms with Crippen LogP contribution < -0.4 is 10.5 Å². The summed E-state index contributed by atoms with van der Waals surface area (Å²) in [6.45, 7) is 0.529. The number of pyridine rings is 1. The van der Waals surface area contributed by atoms with E-state index in [0.29, 0.717) is 24.4 Å². The molecule has 1 heterocycles. The van der Waals surface area contributed by atoms with E-state index in [2.05, 4.69) is 4.98 Å². The number of aromatic nitrogens is 1. The van der Waals surface area contributed by atoms with Gasteiger partial charge in [-0.05, 0) is 13.0 Å². The maximum atomic E-state index is 10.6. The SMILES string of the molecule is COc1ncc([N+](=O)[O-])cc1C=CCCN. The Labute approximate surface area is 92.9 Å². The first-order chi connectivity index (χ1) is 7.69. The van der Waals surface area contributed by atoms with Crippen LogP contribution in [-0.4, -0.2) is 23.6 Å². The largest absolute Gasteiger partial charge is 0.481 e. The van der Waals surface area contributed by atoms with Crippen molar-refractivity contribution >= 4 is 11.8 Å². The van der Waals surface area contributed by atoms with E-state index in [0.717, 1.165) is 0 Å². The van der Waals surface area contributed by atoms with Gasteiger partial charge in [0.2, 0.25) is 5.88 Å². The number of hydrogen-bond acceptors (Lipinski definition) is 5. The van der Waals surface area contributed by atoms with E-state index in [9.17, 15) is 10.1 Å². The molecule has 0 saturated heterocycles. The lowest BCUT2D eigenvalue weighted by molar-refractivity contribution is -0.385. The third kappa shape index (κ3) is 3.03. The van der Waals surface area contributed by atoms with Crippen LogP contribution in [0, 0.1) is 10.1 Å². The van der Waals surface area contributed by atoms with Gasteiger partial charge in [-0.2, -0.15) is 0 Å². The van der Waals surface area contributed by atoms with Crippen molar-refractivity contribution in [3.8, 4) is 5.88 Å². The Morgan fingerprint density at radius 1 is 1.69 bits per heavy atom. The summed E-state index contributed by atoms with van der Waals surface area (Å²) in [6.07, 6.45) is 5.40. The van der Waals surface area contributed by atoms with E-state index in [1.54, 1.807) is 6.08 Å². The first kappa shape index (κ1) is 12.1. The summed E-state index contributed by atoms with van der Waals surface area (Å²) in [5.74, 6) is 0.360. The Morgan fingerprint density at radius 2 is 2.44 bits per heavy atom. The molecule has 0 bridgehead atoms. The van der Waals surface area contributed by atoms with Crippen molar-refractivity contribution in [3.63, 3.8) is 0 Å². The average Bonchev–Trinajstić information content (AvgIpc) is 2.29. The van der Waals surface area contributed by atoms with Gasteiger partial charge < -0.3 is 10.5 Å². The van der Waals surface area contributed by atoms with Crippen LogP contribution in [0.25, 0.3) is 6.08 Å². The van der Waals surface area contributed by atoms with E-state index < -0.39 is 4.92 Å². The summed E-state index contributed by atoms with van der Waals surface area (Å²) in [5.41, 5.74) is 5.85. The van der Waals surface area contributed by atoms with Crippen molar-refractivity contribution in [1.29, 1.82) is 0 Å². The Balaban J connectivity index is 3.02. The standard InChI is InChI=1S/C10H13N3O3/c1-16-10-8(4-2-3-5-11)6-9(7-12-10)13(14)15/h2,4,6-7H,3,5,11H2,1H3. The lowest BCUT2D eigenvalue weighted by Gasteiger charge is -2.02. The van der Waals surface area contributed by atoms with Crippen molar-refractivity contribution < 1.29 is 9.66 Å². The van der Waals surface area contributed by atoms with E-state index in [1.807, 2.05) is 6.08 Å². The molecule has 0 spiro atoms. The molecule has 0 aliphatic heterocycles. The van der Waals surface area contributed by atoms with Crippen LogP contribution in [0.5, 0.6) is 5.88 Å². The highest BCUT2D eigenvalue weighted by molar-refractivity contribution is 5.57. The summed E-state index contributed by atoms with van der Waals surface area (Å²) in [6, 6.07) is 1.42. The van der Waals surface area contributed by atoms with Crippen molar-refractivity contribution in [1.82, 2.24) is 4.98 Å². The third-order valence-corrected chi connectivity index (χ3v) is 1.90. The number of methoxy groups -OCH3 is 1. The molecule has 0 saturated carbocycles. The van der Waals surface area contributed by atoms with Gasteiger partial charge in [-0.15, -0.1) is 0 Å². The zero-order chi connectivity index (χ0) is 12.0. The fraction of sp³-hybridized carbons (Fsp3) is 0.300. The smallest absolute Gasteiger partial charge is 0.288 e. The normalized spacial score (nSPS) is 10.6. The average molecular weight is 223 g/mol. The topological polar surface area (TPSA) is 91.3 Å². The van der Waals surface area contributed by atoms with Gasteiger partial charge in [0.25, 0.3) is 5.69 Å². The molecular weight excluding hydrogens is 210 g/mol.